The summed E-state index contributed by atoms with van der Waals surface area (Å²) in [4.78, 5) is 12.6. The largest absolute Gasteiger partial charge is 0.326 e. The molecule has 3 atom stereocenters. The molecule has 2 saturated carbocycles. The normalized spacial score (nSPS) is 25.7. The second kappa shape index (κ2) is 5.96. The van der Waals surface area contributed by atoms with Gasteiger partial charge in [0.25, 0.3) is 0 Å². The summed E-state index contributed by atoms with van der Waals surface area (Å²) in [6.45, 7) is 0. The highest BCUT2D eigenvalue weighted by atomic mass is 32.2. The number of nitrogens with one attached hydrogen (secondary N) is 1. The fraction of sp³-hybridized carbons (Fsp3) is 0.500. The molecule has 0 spiro atoms. The number of carbonyl (C=O) groups is 1. The molecule has 4 rings (SSSR count). The second-order valence-corrected chi connectivity index (χ2v) is 7.17. The summed E-state index contributed by atoms with van der Waals surface area (Å²) in [5.74, 6) is 1.71. The molecule has 120 valence electrons. The van der Waals surface area contributed by atoms with Crippen LogP contribution in [0.4, 0.5) is 5.69 Å². The number of carbonyl (C=O) groups excluding carboxylic acids is 1. The molecule has 6 nitrogen and oxygen atoms in total. The van der Waals surface area contributed by atoms with E-state index < -0.39 is 0 Å². The summed E-state index contributed by atoms with van der Waals surface area (Å²) in [6, 6.07) is 7.68. The average Bonchev–Trinajstić information content (AvgIpc) is 3.30. The molecule has 23 heavy (non-hydrogen) atoms. The van der Waals surface area contributed by atoms with Crippen LogP contribution in [0.2, 0.25) is 0 Å². The number of thioether (sulfide) groups is 1. The van der Waals surface area contributed by atoms with Crippen molar-refractivity contribution in [3.63, 3.8) is 0 Å². The first-order valence-electron chi connectivity index (χ1n) is 7.98. The lowest BCUT2D eigenvalue weighted by Gasteiger charge is -2.20. The van der Waals surface area contributed by atoms with Crippen LogP contribution in [-0.4, -0.2) is 32.4 Å². The standard InChI is InChI=1S/C16H19N5OS/c1-23-16-18-19-20-21(16)13-4-2-3-12(9-13)17-15(22)14-8-10-5-6-11(14)7-10/h2-4,9-11,14H,5-8H2,1H3,(H,17,22)/t10-,11-,14+/m0/s1. The SMILES string of the molecule is CSc1nnnn1-c1cccc(NC(=O)[C@@H]2C[C@H]3CC[C@H]2C3)c1. The lowest BCUT2D eigenvalue weighted by molar-refractivity contribution is -0.121. The van der Waals surface area contributed by atoms with Gasteiger partial charge < -0.3 is 5.32 Å². The highest BCUT2D eigenvalue weighted by molar-refractivity contribution is 7.98. The van der Waals surface area contributed by atoms with Gasteiger partial charge in [0.05, 0.1) is 5.69 Å². The van der Waals surface area contributed by atoms with Crippen molar-refractivity contribution in [1.29, 1.82) is 0 Å². The van der Waals surface area contributed by atoms with Crippen molar-refractivity contribution in [2.24, 2.45) is 17.8 Å². The van der Waals surface area contributed by atoms with Gasteiger partial charge in [-0.3, -0.25) is 4.79 Å². The van der Waals surface area contributed by atoms with Gasteiger partial charge in [-0.25, -0.2) is 0 Å². The zero-order chi connectivity index (χ0) is 15.8. The Balaban J connectivity index is 1.51. The van der Waals surface area contributed by atoms with Crippen LogP contribution in [0.1, 0.15) is 25.7 Å². The molecule has 1 aromatic carbocycles. The molecule has 0 aliphatic heterocycles. The van der Waals surface area contributed by atoms with Crippen LogP contribution < -0.4 is 5.32 Å². The van der Waals surface area contributed by atoms with E-state index in [0.717, 1.165) is 28.9 Å². The third-order valence-electron chi connectivity index (χ3n) is 5.06. The maximum atomic E-state index is 12.6. The van der Waals surface area contributed by atoms with Crippen molar-refractivity contribution in [3.05, 3.63) is 24.3 Å². The Labute approximate surface area is 139 Å². The molecule has 2 aliphatic rings. The molecular formula is C16H19N5OS. The van der Waals surface area contributed by atoms with Crippen molar-refractivity contribution in [3.8, 4) is 5.69 Å². The van der Waals surface area contributed by atoms with E-state index in [1.54, 1.807) is 4.68 Å². The number of amides is 1. The summed E-state index contributed by atoms with van der Waals surface area (Å²) in [7, 11) is 0. The molecule has 2 aliphatic carbocycles. The molecule has 1 aromatic heterocycles. The van der Waals surface area contributed by atoms with Gasteiger partial charge in [0, 0.05) is 11.6 Å². The van der Waals surface area contributed by atoms with Gasteiger partial charge >= 0.3 is 0 Å². The minimum atomic E-state index is 0.163. The van der Waals surface area contributed by atoms with E-state index in [9.17, 15) is 4.79 Å². The topological polar surface area (TPSA) is 72.7 Å². The van der Waals surface area contributed by atoms with Gasteiger partial charge in [0.1, 0.15) is 0 Å². The number of fused-ring (bicyclic) bond motifs is 2. The summed E-state index contributed by atoms with van der Waals surface area (Å²) >= 11 is 1.48. The Kier molecular flexibility index (Phi) is 3.80. The van der Waals surface area contributed by atoms with Crippen molar-refractivity contribution in [1.82, 2.24) is 20.2 Å². The van der Waals surface area contributed by atoms with Crippen molar-refractivity contribution >= 4 is 23.4 Å². The number of benzene rings is 1. The van der Waals surface area contributed by atoms with Gasteiger partial charge in [0.15, 0.2) is 0 Å². The van der Waals surface area contributed by atoms with Crippen LogP contribution in [0.5, 0.6) is 0 Å². The van der Waals surface area contributed by atoms with E-state index in [1.165, 1.54) is 31.0 Å². The van der Waals surface area contributed by atoms with Crippen molar-refractivity contribution < 1.29 is 4.79 Å². The number of tetrazole rings is 1. The Bertz CT molecular complexity index is 731. The Morgan fingerprint density at radius 2 is 2.26 bits per heavy atom. The minimum Gasteiger partial charge on any atom is -0.326 e. The van der Waals surface area contributed by atoms with E-state index in [2.05, 4.69) is 20.8 Å². The summed E-state index contributed by atoms with van der Waals surface area (Å²) in [6.07, 6.45) is 6.74. The monoisotopic (exact) mass is 329 g/mol. The molecular weight excluding hydrogens is 310 g/mol. The van der Waals surface area contributed by atoms with E-state index in [0.29, 0.717) is 5.92 Å². The van der Waals surface area contributed by atoms with E-state index >= 15 is 0 Å². The van der Waals surface area contributed by atoms with Crippen molar-refractivity contribution in [2.45, 2.75) is 30.8 Å². The van der Waals surface area contributed by atoms with Crippen LogP contribution in [0.3, 0.4) is 0 Å². The van der Waals surface area contributed by atoms with Crippen molar-refractivity contribution in [2.75, 3.05) is 11.6 Å². The van der Waals surface area contributed by atoms with E-state index in [-0.39, 0.29) is 11.8 Å². The summed E-state index contributed by atoms with van der Waals surface area (Å²) in [5.41, 5.74) is 1.66. The summed E-state index contributed by atoms with van der Waals surface area (Å²) < 4.78 is 1.68. The van der Waals surface area contributed by atoms with Gasteiger partial charge in [-0.2, -0.15) is 4.68 Å². The first-order valence-corrected chi connectivity index (χ1v) is 9.20. The van der Waals surface area contributed by atoms with Gasteiger partial charge in [0.2, 0.25) is 11.1 Å². The zero-order valence-electron chi connectivity index (χ0n) is 13.0. The van der Waals surface area contributed by atoms with E-state index in [4.69, 9.17) is 0 Å². The van der Waals surface area contributed by atoms with Crippen LogP contribution in [0, 0.1) is 17.8 Å². The maximum Gasteiger partial charge on any atom is 0.227 e. The maximum absolute atomic E-state index is 12.6. The number of hydrogen-bond acceptors (Lipinski definition) is 5. The van der Waals surface area contributed by atoms with Crippen LogP contribution in [0.25, 0.3) is 5.69 Å². The lowest BCUT2D eigenvalue weighted by Crippen LogP contribution is -2.27. The van der Waals surface area contributed by atoms with Gasteiger partial charge in [-0.1, -0.05) is 24.2 Å². The molecule has 1 amide bonds. The predicted molar refractivity (Wildman–Crippen MR) is 88.5 cm³/mol. The predicted octanol–water partition coefficient (Wildman–Crippen LogP) is 2.76. The summed E-state index contributed by atoms with van der Waals surface area (Å²) in [5, 5.41) is 15.5. The van der Waals surface area contributed by atoms with Crippen LogP contribution >= 0.6 is 11.8 Å². The zero-order valence-corrected chi connectivity index (χ0v) is 13.8. The molecule has 0 radical (unpaired) electrons. The van der Waals surface area contributed by atoms with Crippen LogP contribution in [0.15, 0.2) is 29.4 Å². The molecule has 2 bridgehead atoms. The van der Waals surface area contributed by atoms with Gasteiger partial charge in [-0.05, 0) is 66.0 Å². The molecule has 1 heterocycles. The third kappa shape index (κ3) is 2.73. The Morgan fingerprint density at radius 1 is 1.35 bits per heavy atom. The molecule has 7 heteroatoms. The lowest BCUT2D eigenvalue weighted by atomic mass is 9.88. The number of aromatic nitrogens is 4. The Morgan fingerprint density at radius 3 is 3.00 bits per heavy atom. The fourth-order valence-corrected chi connectivity index (χ4v) is 4.42. The van der Waals surface area contributed by atoms with Crippen LogP contribution in [-0.2, 0) is 4.79 Å². The third-order valence-corrected chi connectivity index (χ3v) is 5.68. The molecule has 2 aromatic rings. The second-order valence-electron chi connectivity index (χ2n) is 6.40. The smallest absolute Gasteiger partial charge is 0.227 e. The first-order chi connectivity index (χ1) is 11.2. The molecule has 2 fully saturated rings. The molecule has 0 unspecified atom stereocenters. The van der Waals surface area contributed by atoms with Gasteiger partial charge in [-0.15, -0.1) is 5.10 Å². The number of hydrogen-bond donors (Lipinski definition) is 1. The highest BCUT2D eigenvalue weighted by Crippen LogP contribution is 2.48. The number of nitrogens with zero attached hydrogens (tertiary/aromatic N) is 4. The number of anilines is 1. The van der Waals surface area contributed by atoms with E-state index in [1.807, 2.05) is 30.5 Å². The molecule has 1 N–H and O–H groups in total. The first kappa shape index (κ1) is 14.7. The Hall–Kier alpha value is -1.89. The molecule has 0 saturated heterocycles. The number of rotatable bonds is 4. The average molecular weight is 329 g/mol. The fourth-order valence-electron chi connectivity index (χ4n) is 3.98. The minimum absolute atomic E-state index is 0.163. The highest BCUT2D eigenvalue weighted by Gasteiger charge is 2.42. The quantitative estimate of drug-likeness (QED) is 0.873.